The van der Waals surface area contributed by atoms with E-state index in [1.807, 2.05) is 12.1 Å². The lowest BCUT2D eigenvalue weighted by Gasteiger charge is -2.35. The van der Waals surface area contributed by atoms with Crippen LogP contribution >= 0.6 is 0 Å². The van der Waals surface area contributed by atoms with Crippen molar-refractivity contribution in [3.05, 3.63) is 29.8 Å². The van der Waals surface area contributed by atoms with Crippen LogP contribution in [-0.4, -0.2) is 5.11 Å². The molecule has 1 aliphatic rings. The van der Waals surface area contributed by atoms with Crippen molar-refractivity contribution in [1.82, 2.24) is 0 Å². The Kier molecular flexibility index (Phi) is 8.32. The summed E-state index contributed by atoms with van der Waals surface area (Å²) in [6, 6.07) is 10.3. The van der Waals surface area contributed by atoms with Gasteiger partial charge in [0.05, 0.1) is 11.5 Å². The third-order valence-electron chi connectivity index (χ3n) is 6.05. The first-order valence-electron chi connectivity index (χ1n) is 10.4. The maximum Gasteiger partial charge on any atom is 0.115 e. The van der Waals surface area contributed by atoms with Crippen LogP contribution in [0.25, 0.3) is 0 Å². The molecule has 1 aromatic carbocycles. The standard InChI is InChI=1S/C23H35NO/c1-2-3-4-5-6-7-8-9-16-23(19-24)17-14-21(15-18-23)20-10-12-22(25)13-11-20/h10-13,21,25H,2-9,14-18H2,1H3. The molecule has 1 fully saturated rings. The molecular weight excluding hydrogens is 306 g/mol. The molecule has 0 atom stereocenters. The van der Waals surface area contributed by atoms with E-state index in [1.165, 1.54) is 56.9 Å². The van der Waals surface area contributed by atoms with E-state index < -0.39 is 0 Å². The quantitative estimate of drug-likeness (QED) is 0.462. The Morgan fingerprint density at radius 2 is 1.52 bits per heavy atom. The smallest absolute Gasteiger partial charge is 0.115 e. The van der Waals surface area contributed by atoms with E-state index in [4.69, 9.17) is 0 Å². The number of nitrogens with zero attached hydrogens (tertiary/aromatic N) is 1. The van der Waals surface area contributed by atoms with E-state index in [-0.39, 0.29) is 5.41 Å². The minimum absolute atomic E-state index is 0.0738. The number of rotatable bonds is 10. The maximum atomic E-state index is 9.75. The number of nitriles is 1. The molecule has 0 spiro atoms. The van der Waals surface area contributed by atoms with Crippen molar-refractivity contribution in [3.8, 4) is 11.8 Å². The van der Waals surface area contributed by atoms with Crippen LogP contribution in [0.4, 0.5) is 0 Å². The average Bonchev–Trinajstić information content (AvgIpc) is 2.65. The predicted octanol–water partition coefficient (Wildman–Crippen LogP) is 7.09. The summed E-state index contributed by atoms with van der Waals surface area (Å²) in [6.45, 7) is 2.26. The van der Waals surface area contributed by atoms with Gasteiger partial charge in [-0.05, 0) is 55.7 Å². The van der Waals surface area contributed by atoms with Crippen molar-refractivity contribution >= 4 is 0 Å². The van der Waals surface area contributed by atoms with Gasteiger partial charge in [-0.15, -0.1) is 0 Å². The third kappa shape index (κ3) is 6.38. The fourth-order valence-corrected chi connectivity index (χ4v) is 4.27. The zero-order valence-electron chi connectivity index (χ0n) is 16.0. The molecule has 0 unspecified atom stereocenters. The Labute approximate surface area is 154 Å². The van der Waals surface area contributed by atoms with Crippen molar-refractivity contribution in [2.24, 2.45) is 5.41 Å². The van der Waals surface area contributed by atoms with Crippen molar-refractivity contribution in [2.75, 3.05) is 0 Å². The molecule has 1 aliphatic carbocycles. The molecule has 1 N–H and O–H groups in total. The van der Waals surface area contributed by atoms with E-state index in [0.29, 0.717) is 11.7 Å². The Hall–Kier alpha value is -1.49. The lowest BCUT2D eigenvalue weighted by Crippen LogP contribution is -2.25. The molecule has 0 aromatic heterocycles. The summed E-state index contributed by atoms with van der Waals surface area (Å²) in [5.41, 5.74) is 1.24. The van der Waals surface area contributed by atoms with Gasteiger partial charge in [-0.25, -0.2) is 0 Å². The molecule has 2 rings (SSSR count). The number of unbranched alkanes of at least 4 members (excludes halogenated alkanes) is 7. The lowest BCUT2D eigenvalue weighted by atomic mass is 9.67. The Balaban J connectivity index is 1.68. The molecule has 138 valence electrons. The second kappa shape index (κ2) is 10.5. The van der Waals surface area contributed by atoms with Gasteiger partial charge in [0, 0.05) is 0 Å². The van der Waals surface area contributed by atoms with E-state index in [0.717, 1.165) is 32.1 Å². The van der Waals surface area contributed by atoms with Crippen LogP contribution in [0.5, 0.6) is 5.75 Å². The molecular formula is C23H35NO. The molecule has 25 heavy (non-hydrogen) atoms. The summed E-state index contributed by atoms with van der Waals surface area (Å²) < 4.78 is 0. The maximum absolute atomic E-state index is 9.75. The van der Waals surface area contributed by atoms with Crippen LogP contribution in [0.3, 0.4) is 0 Å². The van der Waals surface area contributed by atoms with Gasteiger partial charge in [-0.2, -0.15) is 5.26 Å². The number of hydrogen-bond donors (Lipinski definition) is 1. The zero-order valence-corrected chi connectivity index (χ0v) is 16.0. The van der Waals surface area contributed by atoms with E-state index in [9.17, 15) is 10.4 Å². The van der Waals surface area contributed by atoms with Crippen molar-refractivity contribution in [1.29, 1.82) is 5.26 Å². The van der Waals surface area contributed by atoms with Crippen LogP contribution < -0.4 is 0 Å². The summed E-state index contributed by atoms with van der Waals surface area (Å²) >= 11 is 0. The van der Waals surface area contributed by atoms with E-state index in [1.54, 1.807) is 12.1 Å². The summed E-state index contributed by atoms with van der Waals surface area (Å²) in [5.74, 6) is 0.890. The van der Waals surface area contributed by atoms with Crippen molar-refractivity contribution < 1.29 is 5.11 Å². The highest BCUT2D eigenvalue weighted by molar-refractivity contribution is 5.29. The van der Waals surface area contributed by atoms with Crippen LogP contribution in [0, 0.1) is 16.7 Å². The first-order valence-corrected chi connectivity index (χ1v) is 10.4. The van der Waals surface area contributed by atoms with Gasteiger partial charge in [0.2, 0.25) is 0 Å². The van der Waals surface area contributed by atoms with Crippen LogP contribution in [0.2, 0.25) is 0 Å². The molecule has 0 heterocycles. The lowest BCUT2D eigenvalue weighted by molar-refractivity contribution is 0.222. The van der Waals surface area contributed by atoms with Gasteiger partial charge in [0.25, 0.3) is 0 Å². The molecule has 0 radical (unpaired) electrons. The second-order valence-electron chi connectivity index (χ2n) is 7.98. The number of phenols is 1. The first-order chi connectivity index (χ1) is 12.2. The number of aromatic hydroxyl groups is 1. The van der Waals surface area contributed by atoms with Gasteiger partial charge < -0.3 is 5.11 Å². The molecule has 0 saturated heterocycles. The average molecular weight is 342 g/mol. The van der Waals surface area contributed by atoms with E-state index in [2.05, 4.69) is 13.0 Å². The van der Waals surface area contributed by atoms with Gasteiger partial charge >= 0.3 is 0 Å². The topological polar surface area (TPSA) is 44.0 Å². The molecule has 0 aliphatic heterocycles. The van der Waals surface area contributed by atoms with Crippen LogP contribution in [-0.2, 0) is 0 Å². The molecule has 0 bridgehead atoms. The minimum Gasteiger partial charge on any atom is -0.508 e. The Morgan fingerprint density at radius 3 is 2.08 bits per heavy atom. The Morgan fingerprint density at radius 1 is 0.960 bits per heavy atom. The first kappa shape index (κ1) is 19.8. The highest BCUT2D eigenvalue weighted by atomic mass is 16.3. The predicted molar refractivity (Wildman–Crippen MR) is 105 cm³/mol. The fourth-order valence-electron chi connectivity index (χ4n) is 4.27. The summed E-state index contributed by atoms with van der Waals surface area (Å²) in [7, 11) is 0. The van der Waals surface area contributed by atoms with Gasteiger partial charge in [-0.3, -0.25) is 0 Å². The summed E-state index contributed by atoms with van der Waals surface area (Å²) in [6.07, 6.45) is 16.0. The van der Waals surface area contributed by atoms with E-state index >= 15 is 0 Å². The summed E-state index contributed by atoms with van der Waals surface area (Å²) in [5, 5.41) is 19.2. The highest BCUT2D eigenvalue weighted by Crippen LogP contribution is 2.45. The second-order valence-corrected chi connectivity index (χ2v) is 7.98. The highest BCUT2D eigenvalue weighted by Gasteiger charge is 2.35. The molecule has 2 nitrogen and oxygen atoms in total. The SMILES string of the molecule is CCCCCCCCCCC1(C#N)CCC(c2ccc(O)cc2)CC1. The van der Waals surface area contributed by atoms with Gasteiger partial charge in [-0.1, -0.05) is 70.4 Å². The third-order valence-corrected chi connectivity index (χ3v) is 6.05. The summed E-state index contributed by atoms with van der Waals surface area (Å²) in [4.78, 5) is 0. The Bertz CT molecular complexity index is 520. The van der Waals surface area contributed by atoms with Crippen molar-refractivity contribution in [2.45, 2.75) is 96.3 Å². The minimum atomic E-state index is -0.0738. The van der Waals surface area contributed by atoms with Crippen LogP contribution in [0.15, 0.2) is 24.3 Å². The number of hydrogen-bond acceptors (Lipinski definition) is 2. The van der Waals surface area contributed by atoms with Gasteiger partial charge in [0.1, 0.15) is 5.75 Å². The molecule has 1 saturated carbocycles. The van der Waals surface area contributed by atoms with Gasteiger partial charge in [0.15, 0.2) is 0 Å². The molecule has 0 amide bonds. The number of benzene rings is 1. The fraction of sp³-hybridized carbons (Fsp3) is 0.696. The number of phenolic OH excluding ortho intramolecular Hbond substituents is 1. The normalized spacial score (nSPS) is 23.3. The largest absolute Gasteiger partial charge is 0.508 e. The zero-order chi connectivity index (χ0) is 18.0. The van der Waals surface area contributed by atoms with Crippen LogP contribution in [0.1, 0.15) is 102 Å². The molecule has 2 heteroatoms. The monoisotopic (exact) mass is 341 g/mol. The van der Waals surface area contributed by atoms with Crippen molar-refractivity contribution in [3.63, 3.8) is 0 Å². The molecule has 1 aromatic rings.